The zero-order valence-electron chi connectivity index (χ0n) is 13.0. The largest absolute Gasteiger partial charge is 0.383 e. The second-order valence-corrected chi connectivity index (χ2v) is 5.61. The molecule has 3 heteroatoms. The highest BCUT2D eigenvalue weighted by Crippen LogP contribution is 2.15. The summed E-state index contributed by atoms with van der Waals surface area (Å²) in [5.74, 6) is 7.29. The first-order valence-electron chi connectivity index (χ1n) is 7.84. The van der Waals surface area contributed by atoms with Gasteiger partial charge in [0, 0.05) is 25.8 Å². The molecule has 1 aromatic rings. The molecule has 0 amide bonds. The van der Waals surface area contributed by atoms with Crippen molar-refractivity contribution >= 4 is 0 Å². The molecule has 2 rings (SSSR count). The normalized spacial score (nSPS) is 19.0. The molecule has 3 nitrogen and oxygen atoms in total. The number of benzene rings is 1. The number of hydrogen-bond acceptors (Lipinski definition) is 3. The molecule has 0 aromatic heterocycles. The molecule has 1 N–H and O–H groups in total. The van der Waals surface area contributed by atoms with Crippen LogP contribution >= 0.6 is 0 Å². The number of piperidine rings is 1. The third-order valence-electron chi connectivity index (χ3n) is 3.83. The predicted octanol–water partition coefficient (Wildman–Crippen LogP) is 1.99. The molecule has 0 bridgehead atoms. The Morgan fingerprint density at radius 3 is 3.00 bits per heavy atom. The van der Waals surface area contributed by atoms with Crippen LogP contribution in [0.2, 0.25) is 0 Å². The summed E-state index contributed by atoms with van der Waals surface area (Å²) in [7, 11) is 1.75. The van der Waals surface area contributed by atoms with Crippen LogP contribution in [0, 0.1) is 17.8 Å². The van der Waals surface area contributed by atoms with Gasteiger partial charge in [0.1, 0.15) is 0 Å². The van der Waals surface area contributed by atoms with Crippen molar-refractivity contribution in [3.63, 3.8) is 0 Å². The van der Waals surface area contributed by atoms with Crippen LogP contribution in [0.5, 0.6) is 0 Å². The molecule has 1 heterocycles. The van der Waals surface area contributed by atoms with Crippen LogP contribution in [0.1, 0.15) is 18.4 Å². The summed E-state index contributed by atoms with van der Waals surface area (Å²) in [4.78, 5) is 2.47. The Bertz CT molecular complexity index is 449. The first-order valence-corrected chi connectivity index (χ1v) is 7.84. The molecule has 1 unspecified atom stereocenters. The molecule has 1 fully saturated rings. The summed E-state index contributed by atoms with van der Waals surface area (Å²) < 4.78 is 5.06. The van der Waals surface area contributed by atoms with Crippen molar-refractivity contribution in [1.82, 2.24) is 10.2 Å². The molecule has 0 spiro atoms. The van der Waals surface area contributed by atoms with Gasteiger partial charge in [-0.3, -0.25) is 4.90 Å². The van der Waals surface area contributed by atoms with Gasteiger partial charge in [-0.25, -0.2) is 0 Å². The van der Waals surface area contributed by atoms with Crippen molar-refractivity contribution in [2.45, 2.75) is 12.8 Å². The van der Waals surface area contributed by atoms with E-state index in [-0.39, 0.29) is 0 Å². The highest BCUT2D eigenvalue weighted by Gasteiger charge is 2.18. The summed E-state index contributed by atoms with van der Waals surface area (Å²) >= 11 is 0. The molecule has 0 aliphatic carbocycles. The zero-order valence-corrected chi connectivity index (χ0v) is 13.0. The summed E-state index contributed by atoms with van der Waals surface area (Å²) in [6.07, 6.45) is 2.60. The Balaban J connectivity index is 1.70. The smallest absolute Gasteiger partial charge is 0.0605 e. The van der Waals surface area contributed by atoms with E-state index in [0.717, 1.165) is 44.3 Å². The average Bonchev–Trinajstić information content (AvgIpc) is 2.53. The van der Waals surface area contributed by atoms with E-state index in [2.05, 4.69) is 34.2 Å². The molecule has 21 heavy (non-hydrogen) atoms. The van der Waals surface area contributed by atoms with Crippen LogP contribution < -0.4 is 5.32 Å². The van der Waals surface area contributed by atoms with Crippen LogP contribution in [0.25, 0.3) is 0 Å². The molecule has 0 radical (unpaired) electrons. The summed E-state index contributed by atoms with van der Waals surface area (Å²) in [5, 5.41) is 3.47. The maximum Gasteiger partial charge on any atom is 0.0605 e. The number of likely N-dealkylation sites (tertiary alicyclic amines) is 1. The van der Waals surface area contributed by atoms with Crippen molar-refractivity contribution in [1.29, 1.82) is 0 Å². The van der Waals surface area contributed by atoms with Gasteiger partial charge < -0.3 is 10.1 Å². The second-order valence-electron chi connectivity index (χ2n) is 5.61. The minimum Gasteiger partial charge on any atom is -0.383 e. The molecular formula is C18H26N2O. The molecule has 1 aliphatic heterocycles. The second kappa shape index (κ2) is 9.57. The lowest BCUT2D eigenvalue weighted by molar-refractivity contribution is 0.177. The average molecular weight is 286 g/mol. The Morgan fingerprint density at radius 1 is 1.33 bits per heavy atom. The minimum absolute atomic E-state index is 0.745. The van der Waals surface area contributed by atoms with Gasteiger partial charge >= 0.3 is 0 Å². The van der Waals surface area contributed by atoms with Gasteiger partial charge in [-0.2, -0.15) is 0 Å². The SMILES string of the molecule is COCCNCC1CCCN(CC#Cc2ccccc2)C1. The Labute approximate surface area is 128 Å². The van der Waals surface area contributed by atoms with Crippen LogP contribution in [0.4, 0.5) is 0 Å². The summed E-state index contributed by atoms with van der Waals surface area (Å²) in [6.45, 7) is 6.04. The van der Waals surface area contributed by atoms with Gasteiger partial charge in [0.15, 0.2) is 0 Å². The maximum atomic E-state index is 5.06. The molecule has 0 saturated carbocycles. The van der Waals surface area contributed by atoms with Crippen LogP contribution in [0.3, 0.4) is 0 Å². The van der Waals surface area contributed by atoms with E-state index >= 15 is 0 Å². The predicted molar refractivity (Wildman–Crippen MR) is 87.2 cm³/mol. The molecule has 1 aromatic carbocycles. The van der Waals surface area contributed by atoms with Crippen LogP contribution in [0.15, 0.2) is 30.3 Å². The lowest BCUT2D eigenvalue weighted by Crippen LogP contribution is -2.40. The summed E-state index contributed by atoms with van der Waals surface area (Å²) in [6, 6.07) is 10.2. The van der Waals surface area contributed by atoms with E-state index in [1.165, 1.54) is 19.4 Å². The first-order chi connectivity index (χ1) is 10.4. The van der Waals surface area contributed by atoms with Crippen molar-refractivity contribution in [3.05, 3.63) is 35.9 Å². The fourth-order valence-electron chi connectivity index (χ4n) is 2.72. The van der Waals surface area contributed by atoms with Crippen molar-refractivity contribution < 1.29 is 4.74 Å². The monoisotopic (exact) mass is 286 g/mol. The quantitative estimate of drug-likeness (QED) is 0.639. The fraction of sp³-hybridized carbons (Fsp3) is 0.556. The topological polar surface area (TPSA) is 24.5 Å². The van der Waals surface area contributed by atoms with Crippen LogP contribution in [-0.2, 0) is 4.74 Å². The van der Waals surface area contributed by atoms with Gasteiger partial charge in [-0.1, -0.05) is 30.0 Å². The molecular weight excluding hydrogens is 260 g/mol. The van der Waals surface area contributed by atoms with E-state index in [1.54, 1.807) is 7.11 Å². The number of nitrogens with zero attached hydrogens (tertiary/aromatic N) is 1. The number of hydrogen-bond donors (Lipinski definition) is 1. The Hall–Kier alpha value is -1.34. The van der Waals surface area contributed by atoms with Gasteiger partial charge in [-0.15, -0.1) is 0 Å². The molecule has 1 atom stereocenters. The van der Waals surface area contributed by atoms with E-state index in [9.17, 15) is 0 Å². The Morgan fingerprint density at radius 2 is 2.19 bits per heavy atom. The van der Waals surface area contributed by atoms with Gasteiger partial charge in [0.2, 0.25) is 0 Å². The first kappa shape index (κ1) is 16.0. The number of nitrogens with one attached hydrogen (secondary N) is 1. The minimum atomic E-state index is 0.745. The third-order valence-corrected chi connectivity index (χ3v) is 3.83. The molecule has 1 saturated heterocycles. The molecule has 1 aliphatic rings. The Kier molecular flexibility index (Phi) is 7.31. The highest BCUT2D eigenvalue weighted by atomic mass is 16.5. The lowest BCUT2D eigenvalue weighted by Gasteiger charge is -2.31. The maximum absolute atomic E-state index is 5.06. The van der Waals surface area contributed by atoms with E-state index in [0.29, 0.717) is 0 Å². The van der Waals surface area contributed by atoms with E-state index in [4.69, 9.17) is 4.74 Å². The third kappa shape index (κ3) is 6.31. The van der Waals surface area contributed by atoms with Gasteiger partial charge in [0.25, 0.3) is 0 Å². The zero-order chi connectivity index (χ0) is 14.8. The number of rotatable bonds is 6. The van der Waals surface area contributed by atoms with Gasteiger partial charge in [-0.05, 0) is 44.0 Å². The summed E-state index contributed by atoms with van der Waals surface area (Å²) in [5.41, 5.74) is 1.10. The van der Waals surface area contributed by atoms with Crippen LogP contribution in [-0.4, -0.2) is 51.3 Å². The van der Waals surface area contributed by atoms with Crippen molar-refractivity contribution in [2.24, 2.45) is 5.92 Å². The highest BCUT2D eigenvalue weighted by molar-refractivity contribution is 5.33. The van der Waals surface area contributed by atoms with Crippen molar-refractivity contribution in [3.8, 4) is 11.8 Å². The number of methoxy groups -OCH3 is 1. The lowest BCUT2D eigenvalue weighted by atomic mass is 9.98. The standard InChI is InChI=1S/C18H26N2O/c1-21-14-11-19-15-18-10-6-13-20(16-18)12-5-9-17-7-3-2-4-8-17/h2-4,7-8,18-19H,6,10-16H2,1H3. The molecule has 114 valence electrons. The fourth-order valence-corrected chi connectivity index (χ4v) is 2.72. The van der Waals surface area contributed by atoms with Gasteiger partial charge in [0.05, 0.1) is 13.2 Å². The van der Waals surface area contributed by atoms with E-state index in [1.807, 2.05) is 18.2 Å². The van der Waals surface area contributed by atoms with Crippen molar-refractivity contribution in [2.75, 3.05) is 46.4 Å². The number of ether oxygens (including phenoxy) is 1. The van der Waals surface area contributed by atoms with E-state index < -0.39 is 0 Å².